The van der Waals surface area contributed by atoms with Gasteiger partial charge in [0.1, 0.15) is 11.6 Å². The second kappa shape index (κ2) is 13.8. The zero-order valence-corrected chi connectivity index (χ0v) is 18.4. The molecular weight excluding hydrogens is 414 g/mol. The molecule has 0 aromatic heterocycles. The molecule has 162 valence electrons. The maximum atomic E-state index is 12.9. The van der Waals surface area contributed by atoms with E-state index in [1.165, 1.54) is 17.7 Å². The minimum atomic E-state index is -0.239. The van der Waals surface area contributed by atoms with Gasteiger partial charge in [-0.2, -0.15) is 0 Å². The Labute approximate surface area is 185 Å². The molecule has 0 spiro atoms. The van der Waals surface area contributed by atoms with Crippen molar-refractivity contribution < 1.29 is 13.9 Å². The predicted octanol–water partition coefficient (Wildman–Crippen LogP) is 4.32. The highest BCUT2D eigenvalue weighted by molar-refractivity contribution is 5.85. The van der Waals surface area contributed by atoms with Crippen LogP contribution >= 0.6 is 24.8 Å². The predicted molar refractivity (Wildman–Crippen MR) is 120 cm³/mol. The average Bonchev–Trinajstić information content (AvgIpc) is 2.72. The molecule has 1 N–H and O–H groups in total. The number of ether oxygens (including phenoxy) is 2. The SMILES string of the molecule is COC1CN(CCCOc2ccc(F)cc2)CCC1NCc1ccccc1.Cl.Cl. The van der Waals surface area contributed by atoms with Gasteiger partial charge in [-0.25, -0.2) is 4.39 Å². The number of benzene rings is 2. The number of rotatable bonds is 9. The summed E-state index contributed by atoms with van der Waals surface area (Å²) in [6, 6.07) is 17.0. The summed E-state index contributed by atoms with van der Waals surface area (Å²) in [4.78, 5) is 2.43. The molecule has 1 heterocycles. The summed E-state index contributed by atoms with van der Waals surface area (Å²) < 4.78 is 24.3. The Balaban J connectivity index is 0.00000210. The highest BCUT2D eigenvalue weighted by Crippen LogP contribution is 2.16. The molecule has 2 unspecified atom stereocenters. The van der Waals surface area contributed by atoms with Crippen molar-refractivity contribution in [3.63, 3.8) is 0 Å². The minimum Gasteiger partial charge on any atom is -0.494 e. The summed E-state index contributed by atoms with van der Waals surface area (Å²) in [5.74, 6) is 0.478. The van der Waals surface area contributed by atoms with E-state index in [0.717, 1.165) is 44.8 Å². The second-order valence-electron chi connectivity index (χ2n) is 6.99. The number of nitrogens with one attached hydrogen (secondary N) is 1. The second-order valence-corrected chi connectivity index (χ2v) is 6.99. The zero-order valence-electron chi connectivity index (χ0n) is 16.8. The van der Waals surface area contributed by atoms with Gasteiger partial charge in [0.25, 0.3) is 0 Å². The summed E-state index contributed by atoms with van der Waals surface area (Å²) in [7, 11) is 1.79. The van der Waals surface area contributed by atoms with Crippen molar-refractivity contribution >= 4 is 24.8 Å². The molecule has 0 saturated carbocycles. The van der Waals surface area contributed by atoms with Gasteiger partial charge in [-0.05, 0) is 49.2 Å². The highest BCUT2D eigenvalue weighted by atomic mass is 35.5. The first-order valence-corrected chi connectivity index (χ1v) is 9.65. The smallest absolute Gasteiger partial charge is 0.123 e. The van der Waals surface area contributed by atoms with Crippen LogP contribution in [0.2, 0.25) is 0 Å². The van der Waals surface area contributed by atoms with E-state index in [2.05, 4.69) is 34.5 Å². The molecule has 0 radical (unpaired) electrons. The van der Waals surface area contributed by atoms with Gasteiger partial charge in [0.2, 0.25) is 0 Å². The number of hydrogen-bond donors (Lipinski definition) is 1. The summed E-state index contributed by atoms with van der Waals surface area (Å²) in [5, 5.41) is 3.65. The molecular formula is C22H31Cl2FN2O2. The number of piperidine rings is 1. The van der Waals surface area contributed by atoms with E-state index in [1.54, 1.807) is 19.2 Å². The van der Waals surface area contributed by atoms with Crippen LogP contribution in [-0.4, -0.2) is 50.4 Å². The van der Waals surface area contributed by atoms with Gasteiger partial charge in [-0.15, -0.1) is 24.8 Å². The van der Waals surface area contributed by atoms with E-state index >= 15 is 0 Å². The molecule has 4 nitrogen and oxygen atoms in total. The molecule has 7 heteroatoms. The first-order valence-electron chi connectivity index (χ1n) is 9.65. The van der Waals surface area contributed by atoms with Crippen LogP contribution in [0.4, 0.5) is 4.39 Å². The quantitative estimate of drug-likeness (QED) is 0.583. The number of nitrogens with zero attached hydrogens (tertiary/aromatic N) is 1. The lowest BCUT2D eigenvalue weighted by molar-refractivity contribution is 0.00422. The molecule has 1 saturated heterocycles. The third-order valence-corrected chi connectivity index (χ3v) is 5.06. The van der Waals surface area contributed by atoms with Crippen LogP contribution in [0.5, 0.6) is 5.75 Å². The van der Waals surface area contributed by atoms with Gasteiger partial charge in [0.05, 0.1) is 12.7 Å². The Hall–Kier alpha value is -1.37. The van der Waals surface area contributed by atoms with E-state index in [9.17, 15) is 4.39 Å². The van der Waals surface area contributed by atoms with Crippen LogP contribution in [0.15, 0.2) is 54.6 Å². The van der Waals surface area contributed by atoms with Crippen molar-refractivity contribution in [2.24, 2.45) is 0 Å². The first kappa shape index (κ1) is 25.7. The Morgan fingerprint density at radius 1 is 1.07 bits per heavy atom. The van der Waals surface area contributed by atoms with E-state index in [-0.39, 0.29) is 36.7 Å². The van der Waals surface area contributed by atoms with Crippen LogP contribution in [0.3, 0.4) is 0 Å². The molecule has 2 aromatic carbocycles. The summed E-state index contributed by atoms with van der Waals surface area (Å²) in [6.07, 6.45) is 2.21. The molecule has 2 aromatic rings. The van der Waals surface area contributed by atoms with Crippen LogP contribution < -0.4 is 10.1 Å². The summed E-state index contributed by atoms with van der Waals surface area (Å²) >= 11 is 0. The molecule has 1 aliphatic rings. The highest BCUT2D eigenvalue weighted by Gasteiger charge is 2.28. The monoisotopic (exact) mass is 444 g/mol. The van der Waals surface area contributed by atoms with Crippen molar-refractivity contribution in [2.75, 3.05) is 33.4 Å². The topological polar surface area (TPSA) is 33.7 Å². The Bertz CT molecular complexity index is 676. The van der Waals surface area contributed by atoms with Gasteiger partial charge in [0, 0.05) is 32.8 Å². The number of hydrogen-bond acceptors (Lipinski definition) is 4. The Kier molecular flexibility index (Phi) is 12.2. The maximum Gasteiger partial charge on any atom is 0.123 e. The van der Waals surface area contributed by atoms with Crippen molar-refractivity contribution in [3.8, 4) is 5.75 Å². The van der Waals surface area contributed by atoms with Gasteiger partial charge in [0.15, 0.2) is 0 Å². The molecule has 0 bridgehead atoms. The summed E-state index contributed by atoms with van der Waals surface area (Å²) in [6.45, 7) is 4.47. The number of likely N-dealkylation sites (tertiary alicyclic amines) is 1. The lowest BCUT2D eigenvalue weighted by Crippen LogP contribution is -2.53. The van der Waals surface area contributed by atoms with E-state index in [0.29, 0.717) is 12.6 Å². The van der Waals surface area contributed by atoms with Crippen LogP contribution in [-0.2, 0) is 11.3 Å². The van der Waals surface area contributed by atoms with Crippen LogP contribution in [0, 0.1) is 5.82 Å². The Morgan fingerprint density at radius 3 is 2.48 bits per heavy atom. The number of halogens is 3. The van der Waals surface area contributed by atoms with Crippen LogP contribution in [0.1, 0.15) is 18.4 Å². The van der Waals surface area contributed by atoms with Gasteiger partial charge >= 0.3 is 0 Å². The summed E-state index contributed by atoms with van der Waals surface area (Å²) in [5.41, 5.74) is 1.30. The Morgan fingerprint density at radius 2 is 1.79 bits per heavy atom. The molecule has 2 atom stereocenters. The lowest BCUT2D eigenvalue weighted by Gasteiger charge is -2.38. The van der Waals surface area contributed by atoms with Gasteiger partial charge in [-0.3, -0.25) is 0 Å². The molecule has 1 fully saturated rings. The van der Waals surface area contributed by atoms with E-state index in [1.807, 2.05) is 6.07 Å². The fourth-order valence-electron chi connectivity index (χ4n) is 3.51. The minimum absolute atomic E-state index is 0. The standard InChI is InChI=1S/C22H29FN2O2.2ClH/c1-26-22-17-25(13-5-15-27-20-10-8-19(23)9-11-20)14-12-21(22)24-16-18-6-3-2-4-7-18;;/h2-4,6-11,21-22,24H,5,12-17H2,1H3;2*1H. The molecule has 0 aliphatic carbocycles. The van der Waals surface area contributed by atoms with Crippen molar-refractivity contribution in [3.05, 3.63) is 66.0 Å². The largest absolute Gasteiger partial charge is 0.494 e. The third-order valence-electron chi connectivity index (χ3n) is 5.06. The average molecular weight is 445 g/mol. The third kappa shape index (κ3) is 8.49. The molecule has 29 heavy (non-hydrogen) atoms. The van der Waals surface area contributed by atoms with Crippen LogP contribution in [0.25, 0.3) is 0 Å². The molecule has 3 rings (SSSR count). The maximum absolute atomic E-state index is 12.9. The normalized spacial score (nSPS) is 19.1. The molecule has 0 amide bonds. The van der Waals surface area contributed by atoms with Crippen molar-refractivity contribution in [1.29, 1.82) is 0 Å². The molecule has 1 aliphatic heterocycles. The zero-order chi connectivity index (χ0) is 18.9. The van der Waals surface area contributed by atoms with Crippen molar-refractivity contribution in [1.82, 2.24) is 10.2 Å². The number of methoxy groups -OCH3 is 1. The van der Waals surface area contributed by atoms with Gasteiger partial charge in [-0.1, -0.05) is 30.3 Å². The van der Waals surface area contributed by atoms with Gasteiger partial charge < -0.3 is 19.7 Å². The first-order chi connectivity index (χ1) is 13.2. The van der Waals surface area contributed by atoms with Crippen molar-refractivity contribution in [2.45, 2.75) is 31.5 Å². The van der Waals surface area contributed by atoms with E-state index in [4.69, 9.17) is 9.47 Å². The van der Waals surface area contributed by atoms with E-state index < -0.39 is 0 Å². The fourth-order valence-corrected chi connectivity index (χ4v) is 3.51. The lowest BCUT2D eigenvalue weighted by atomic mass is 10.0. The fraction of sp³-hybridized carbons (Fsp3) is 0.455.